The lowest BCUT2D eigenvalue weighted by atomic mass is 10.1. The number of benzene rings is 4. The normalized spacial score (nSPS) is 11.5. The molecule has 0 fully saturated rings. The van der Waals surface area contributed by atoms with Crippen molar-refractivity contribution in [3.05, 3.63) is 101 Å². The van der Waals surface area contributed by atoms with Gasteiger partial charge in [0.25, 0.3) is 11.8 Å². The van der Waals surface area contributed by atoms with Gasteiger partial charge in [0.15, 0.2) is 11.5 Å². The molecule has 1 atom stereocenters. The van der Waals surface area contributed by atoms with E-state index in [1.807, 2.05) is 13.0 Å². The molecule has 3 N–H and O–H groups in total. The van der Waals surface area contributed by atoms with E-state index >= 15 is 0 Å². The lowest BCUT2D eigenvalue weighted by Crippen LogP contribution is -2.30. The van der Waals surface area contributed by atoms with Gasteiger partial charge in [0.2, 0.25) is 5.91 Å². The Hall–Kier alpha value is -5.33. The fourth-order valence-corrected chi connectivity index (χ4v) is 6.02. The first-order valence-corrected chi connectivity index (χ1v) is 16.6. The van der Waals surface area contributed by atoms with Crippen molar-refractivity contribution in [2.75, 3.05) is 46.2 Å². The lowest BCUT2D eigenvalue weighted by molar-refractivity contribution is -0.116. The smallest absolute Gasteiger partial charge is 0.272 e. The van der Waals surface area contributed by atoms with Gasteiger partial charge in [-0.15, -0.1) is 11.8 Å². The molecule has 50 heavy (non-hydrogen) atoms. The molecule has 0 saturated carbocycles. The number of ether oxygens (including phenoxy) is 5. The van der Waals surface area contributed by atoms with Gasteiger partial charge in [0, 0.05) is 33.8 Å². The zero-order valence-electron chi connectivity index (χ0n) is 28.4. The average Bonchev–Trinajstić information content (AvgIpc) is 3.13. The molecule has 0 spiro atoms. The molecular weight excluding hydrogens is 682 g/mol. The SMILES string of the molecule is CCC(Sc1cccc(NC(=O)/C(=C\c2cc(OC)c(OC)cc2OC)NC(=O)c2ccccc2)c1)C(=O)Nc1cc(Cl)c(OC)cc1OC. The Labute approximate surface area is 300 Å². The van der Waals surface area contributed by atoms with Gasteiger partial charge < -0.3 is 39.6 Å². The third-order valence-corrected chi connectivity index (χ3v) is 8.98. The van der Waals surface area contributed by atoms with E-state index in [0.717, 1.165) is 4.90 Å². The van der Waals surface area contributed by atoms with Gasteiger partial charge in [-0.05, 0) is 55.0 Å². The van der Waals surface area contributed by atoms with Crippen LogP contribution in [0.1, 0.15) is 29.3 Å². The minimum absolute atomic E-state index is 0.0552. The fourth-order valence-electron chi connectivity index (χ4n) is 4.77. The Kier molecular flexibility index (Phi) is 13.4. The summed E-state index contributed by atoms with van der Waals surface area (Å²) in [6.45, 7) is 1.90. The topological polar surface area (TPSA) is 133 Å². The molecule has 11 nitrogen and oxygen atoms in total. The van der Waals surface area contributed by atoms with E-state index in [1.165, 1.54) is 53.4 Å². The predicted octanol–water partition coefficient (Wildman–Crippen LogP) is 7.30. The summed E-state index contributed by atoms with van der Waals surface area (Å²) in [7, 11) is 7.46. The van der Waals surface area contributed by atoms with Crippen molar-refractivity contribution >= 4 is 58.5 Å². The Morgan fingerprint density at radius 2 is 1.38 bits per heavy atom. The molecule has 3 amide bonds. The highest BCUT2D eigenvalue weighted by Gasteiger charge is 2.22. The van der Waals surface area contributed by atoms with Crippen molar-refractivity contribution < 1.29 is 38.1 Å². The van der Waals surface area contributed by atoms with Crippen LogP contribution in [-0.4, -0.2) is 58.5 Å². The first kappa shape index (κ1) is 37.5. The van der Waals surface area contributed by atoms with Crippen LogP contribution in [0.3, 0.4) is 0 Å². The average molecular weight is 720 g/mol. The summed E-state index contributed by atoms with van der Waals surface area (Å²) < 4.78 is 27.0. The second-order valence-electron chi connectivity index (χ2n) is 10.5. The van der Waals surface area contributed by atoms with Crippen LogP contribution in [0.5, 0.6) is 28.7 Å². The Morgan fingerprint density at radius 3 is 2.02 bits per heavy atom. The molecule has 0 radical (unpaired) electrons. The maximum Gasteiger partial charge on any atom is 0.272 e. The highest BCUT2D eigenvalue weighted by molar-refractivity contribution is 8.00. The minimum Gasteiger partial charge on any atom is -0.496 e. The minimum atomic E-state index is -0.596. The summed E-state index contributed by atoms with van der Waals surface area (Å²) in [6, 6.07) is 22.0. The summed E-state index contributed by atoms with van der Waals surface area (Å²) >= 11 is 7.62. The Morgan fingerprint density at radius 1 is 0.740 bits per heavy atom. The van der Waals surface area contributed by atoms with Crippen molar-refractivity contribution in [1.29, 1.82) is 0 Å². The van der Waals surface area contributed by atoms with Crippen LogP contribution < -0.4 is 39.6 Å². The zero-order valence-corrected chi connectivity index (χ0v) is 30.0. The maximum absolute atomic E-state index is 13.8. The van der Waals surface area contributed by atoms with Crippen LogP contribution in [-0.2, 0) is 9.59 Å². The molecule has 13 heteroatoms. The molecular formula is C37H38ClN3O8S. The molecule has 0 bridgehead atoms. The molecule has 4 rings (SSSR count). The van der Waals surface area contributed by atoms with E-state index < -0.39 is 17.1 Å². The molecule has 1 unspecified atom stereocenters. The summed E-state index contributed by atoms with van der Waals surface area (Å²) in [5, 5.41) is 8.32. The Bertz CT molecular complexity index is 1870. The first-order chi connectivity index (χ1) is 24.1. The fraction of sp³-hybridized carbons (Fsp3) is 0.216. The second kappa shape index (κ2) is 17.9. The van der Waals surface area contributed by atoms with Gasteiger partial charge in [0.05, 0.1) is 51.5 Å². The quantitative estimate of drug-likeness (QED) is 0.0855. The maximum atomic E-state index is 13.8. The van der Waals surface area contributed by atoms with Crippen LogP contribution in [0.4, 0.5) is 11.4 Å². The predicted molar refractivity (Wildman–Crippen MR) is 196 cm³/mol. The molecule has 0 aromatic heterocycles. The highest BCUT2D eigenvalue weighted by atomic mass is 35.5. The first-order valence-electron chi connectivity index (χ1n) is 15.3. The van der Waals surface area contributed by atoms with Gasteiger partial charge in [-0.1, -0.05) is 42.8 Å². The van der Waals surface area contributed by atoms with Crippen LogP contribution in [0.2, 0.25) is 5.02 Å². The summed E-state index contributed by atoms with van der Waals surface area (Å²) in [6.07, 6.45) is 2.00. The third kappa shape index (κ3) is 9.42. The van der Waals surface area contributed by atoms with Crippen LogP contribution >= 0.6 is 23.4 Å². The standard InChI is InChI=1S/C37H38ClN3O8S/c1-7-34(37(44)40-27-19-26(38)30(46-3)21-31(27)47-4)50-25-15-11-14-24(18-25)39-36(43)28(41-35(42)22-12-9-8-10-13-22)16-23-17-32(48-5)33(49-6)20-29(23)45-2/h8-21,34H,7H2,1-6H3,(H,39,43)(H,40,44)(H,41,42)/b28-16+. The van der Waals surface area contributed by atoms with Crippen molar-refractivity contribution in [3.63, 3.8) is 0 Å². The number of anilines is 2. The zero-order chi connectivity index (χ0) is 36.2. The number of hydrogen-bond acceptors (Lipinski definition) is 9. The van der Waals surface area contributed by atoms with Crippen molar-refractivity contribution in [2.24, 2.45) is 0 Å². The van der Waals surface area contributed by atoms with E-state index in [4.69, 9.17) is 35.3 Å². The number of hydrogen-bond donors (Lipinski definition) is 3. The van der Waals surface area contributed by atoms with Gasteiger partial charge in [0.1, 0.15) is 22.9 Å². The summed E-state index contributed by atoms with van der Waals surface area (Å²) in [5.41, 5.74) is 1.62. The van der Waals surface area contributed by atoms with E-state index in [-0.39, 0.29) is 11.6 Å². The number of rotatable bonds is 15. The Balaban J connectivity index is 1.59. The molecule has 0 aliphatic heterocycles. The summed E-state index contributed by atoms with van der Waals surface area (Å²) in [5.74, 6) is 0.703. The van der Waals surface area contributed by atoms with Crippen LogP contribution in [0.25, 0.3) is 6.08 Å². The number of carbonyl (C=O) groups excluding carboxylic acids is 3. The number of nitrogens with one attached hydrogen (secondary N) is 3. The number of amides is 3. The van der Waals surface area contributed by atoms with Crippen LogP contribution in [0.15, 0.2) is 89.5 Å². The van der Waals surface area contributed by atoms with Gasteiger partial charge in [-0.25, -0.2) is 0 Å². The van der Waals surface area contributed by atoms with Crippen molar-refractivity contribution in [3.8, 4) is 28.7 Å². The van der Waals surface area contributed by atoms with Crippen LogP contribution in [0, 0.1) is 0 Å². The monoisotopic (exact) mass is 719 g/mol. The number of methoxy groups -OCH3 is 5. The molecule has 4 aromatic rings. The largest absolute Gasteiger partial charge is 0.496 e. The molecule has 0 aliphatic carbocycles. The number of carbonyl (C=O) groups is 3. The van der Waals surface area contributed by atoms with Gasteiger partial charge in [-0.3, -0.25) is 14.4 Å². The van der Waals surface area contributed by atoms with Gasteiger partial charge in [-0.2, -0.15) is 0 Å². The van der Waals surface area contributed by atoms with Gasteiger partial charge >= 0.3 is 0 Å². The van der Waals surface area contributed by atoms with E-state index in [2.05, 4.69) is 16.0 Å². The number of halogens is 1. The molecule has 4 aromatic carbocycles. The van der Waals surface area contributed by atoms with Crippen molar-refractivity contribution in [2.45, 2.75) is 23.5 Å². The van der Waals surface area contributed by atoms with E-state index in [9.17, 15) is 14.4 Å². The molecule has 0 heterocycles. The van der Waals surface area contributed by atoms with Crippen molar-refractivity contribution in [1.82, 2.24) is 5.32 Å². The third-order valence-electron chi connectivity index (χ3n) is 7.33. The molecule has 0 saturated heterocycles. The molecule has 0 aliphatic rings. The number of thioether (sulfide) groups is 1. The molecule has 262 valence electrons. The van der Waals surface area contributed by atoms with E-state index in [1.54, 1.807) is 72.8 Å². The second-order valence-corrected chi connectivity index (χ2v) is 12.2. The summed E-state index contributed by atoms with van der Waals surface area (Å²) in [4.78, 5) is 41.1. The van der Waals surface area contributed by atoms with E-state index in [0.29, 0.717) is 62.7 Å². The highest BCUT2D eigenvalue weighted by Crippen LogP contribution is 2.38. The lowest BCUT2D eigenvalue weighted by Gasteiger charge is -2.18.